The number of rotatable bonds is 2. The third-order valence-corrected chi connectivity index (χ3v) is 3.90. The van der Waals surface area contributed by atoms with Crippen LogP contribution in [-0.4, -0.2) is 13.4 Å². The van der Waals surface area contributed by atoms with Crippen LogP contribution in [0.5, 0.6) is 0 Å². The number of halogens is 1. The number of hydrogen-bond donors (Lipinski definition) is 0. The Morgan fingerprint density at radius 2 is 1.62 bits per heavy atom. The smallest absolute Gasteiger partial charge is 0.223 e. The van der Waals surface area contributed by atoms with Crippen LogP contribution in [0.25, 0.3) is 0 Å². The van der Waals surface area contributed by atoms with Crippen molar-refractivity contribution >= 4 is 21.4 Å². The van der Waals surface area contributed by atoms with Crippen molar-refractivity contribution in [1.82, 2.24) is 4.98 Å². The molecule has 0 N–H and O–H groups in total. The van der Waals surface area contributed by atoms with Gasteiger partial charge in [-0.2, -0.15) is 0 Å². The lowest BCUT2D eigenvalue weighted by molar-refractivity contribution is 0.592. The van der Waals surface area contributed by atoms with Gasteiger partial charge in [-0.1, -0.05) is 35.9 Å². The van der Waals surface area contributed by atoms with E-state index in [1.165, 1.54) is 24.3 Å². The Balaban J connectivity index is 2.56. The molecule has 0 saturated carbocycles. The van der Waals surface area contributed by atoms with Crippen LogP contribution in [0.2, 0.25) is 5.15 Å². The maximum Gasteiger partial charge on any atom is 0.223 e. The number of sulfone groups is 1. The molecule has 0 unspecified atom stereocenters. The number of hydrogen-bond acceptors (Lipinski definition) is 3. The fraction of sp³-hybridized carbons (Fsp3) is 0. The van der Waals surface area contributed by atoms with E-state index in [1.54, 1.807) is 24.3 Å². The zero-order valence-corrected chi connectivity index (χ0v) is 9.74. The van der Waals surface area contributed by atoms with Gasteiger partial charge in [0.15, 0.2) is 5.03 Å². The molecular weight excluding hydrogens is 246 g/mol. The van der Waals surface area contributed by atoms with Crippen molar-refractivity contribution in [2.24, 2.45) is 0 Å². The summed E-state index contributed by atoms with van der Waals surface area (Å²) in [6.45, 7) is 0. The molecule has 1 aromatic heterocycles. The zero-order chi connectivity index (χ0) is 11.6. The Morgan fingerprint density at radius 1 is 0.938 bits per heavy atom. The Kier molecular flexibility index (Phi) is 2.94. The van der Waals surface area contributed by atoms with Crippen LogP contribution in [0.1, 0.15) is 0 Å². The second-order valence-corrected chi connectivity index (χ2v) is 5.40. The maximum atomic E-state index is 12.1. The van der Waals surface area contributed by atoms with Gasteiger partial charge in [0.05, 0.1) is 4.90 Å². The predicted octanol–water partition coefficient (Wildman–Crippen LogP) is 2.57. The third kappa shape index (κ3) is 2.08. The molecule has 0 fully saturated rings. The minimum atomic E-state index is -3.56. The lowest BCUT2D eigenvalue weighted by Gasteiger charge is -2.03. The highest BCUT2D eigenvalue weighted by Gasteiger charge is 2.18. The lowest BCUT2D eigenvalue weighted by Crippen LogP contribution is -2.03. The van der Waals surface area contributed by atoms with Crippen molar-refractivity contribution < 1.29 is 8.42 Å². The van der Waals surface area contributed by atoms with Crippen LogP contribution in [0.3, 0.4) is 0 Å². The van der Waals surface area contributed by atoms with E-state index in [-0.39, 0.29) is 15.1 Å². The summed E-state index contributed by atoms with van der Waals surface area (Å²) in [6.07, 6.45) is 0. The standard InChI is InChI=1S/C11H8ClNO2S/c12-10-7-4-8-11(13-10)16(14,15)9-5-2-1-3-6-9/h1-8H. The average Bonchev–Trinajstić information content (AvgIpc) is 2.30. The Labute approximate surface area is 98.6 Å². The summed E-state index contributed by atoms with van der Waals surface area (Å²) in [7, 11) is -3.56. The van der Waals surface area contributed by atoms with Gasteiger partial charge in [0, 0.05) is 0 Å². The first-order chi connectivity index (χ1) is 7.60. The first-order valence-electron chi connectivity index (χ1n) is 4.53. The van der Waals surface area contributed by atoms with Crippen LogP contribution in [0.4, 0.5) is 0 Å². The van der Waals surface area contributed by atoms with Crippen LogP contribution in [-0.2, 0) is 9.84 Å². The molecule has 1 aromatic carbocycles. The minimum absolute atomic E-state index is 0.0359. The normalized spacial score (nSPS) is 11.3. The Morgan fingerprint density at radius 3 is 2.25 bits per heavy atom. The molecule has 0 radical (unpaired) electrons. The quantitative estimate of drug-likeness (QED) is 0.773. The van der Waals surface area contributed by atoms with Crippen LogP contribution in [0.15, 0.2) is 58.5 Å². The molecule has 82 valence electrons. The van der Waals surface area contributed by atoms with Gasteiger partial charge >= 0.3 is 0 Å². The average molecular weight is 254 g/mol. The van der Waals surface area contributed by atoms with Gasteiger partial charge in [-0.3, -0.25) is 0 Å². The molecular formula is C11H8ClNO2S. The van der Waals surface area contributed by atoms with Crippen molar-refractivity contribution in [3.63, 3.8) is 0 Å². The van der Waals surface area contributed by atoms with E-state index in [0.717, 1.165) is 0 Å². The number of pyridine rings is 1. The molecule has 16 heavy (non-hydrogen) atoms. The first-order valence-corrected chi connectivity index (χ1v) is 6.39. The predicted molar refractivity (Wildman–Crippen MR) is 61.1 cm³/mol. The molecule has 1 heterocycles. The molecule has 5 heteroatoms. The maximum absolute atomic E-state index is 12.1. The van der Waals surface area contributed by atoms with E-state index >= 15 is 0 Å². The second-order valence-electron chi connectivity index (χ2n) is 3.12. The summed E-state index contributed by atoms with van der Waals surface area (Å²) >= 11 is 5.66. The number of aromatic nitrogens is 1. The first kappa shape index (κ1) is 11.1. The fourth-order valence-electron chi connectivity index (χ4n) is 1.26. The van der Waals surface area contributed by atoms with Gasteiger partial charge in [0.2, 0.25) is 9.84 Å². The van der Waals surface area contributed by atoms with Gasteiger partial charge in [-0.05, 0) is 24.3 Å². The SMILES string of the molecule is O=S(=O)(c1ccccc1)c1cccc(Cl)n1. The zero-order valence-electron chi connectivity index (χ0n) is 8.17. The van der Waals surface area contributed by atoms with Crippen LogP contribution >= 0.6 is 11.6 Å². The molecule has 3 nitrogen and oxygen atoms in total. The highest BCUT2D eigenvalue weighted by Crippen LogP contribution is 2.19. The monoisotopic (exact) mass is 253 g/mol. The molecule has 2 rings (SSSR count). The molecule has 0 bridgehead atoms. The molecule has 0 atom stereocenters. The van der Waals surface area contributed by atoms with Crippen LogP contribution < -0.4 is 0 Å². The van der Waals surface area contributed by atoms with Crippen molar-refractivity contribution in [2.45, 2.75) is 9.92 Å². The van der Waals surface area contributed by atoms with E-state index in [1.807, 2.05) is 0 Å². The van der Waals surface area contributed by atoms with Gasteiger partial charge in [-0.25, -0.2) is 13.4 Å². The Bertz CT molecular complexity index is 596. The van der Waals surface area contributed by atoms with Crippen molar-refractivity contribution in [3.8, 4) is 0 Å². The van der Waals surface area contributed by atoms with E-state index in [2.05, 4.69) is 4.98 Å². The number of nitrogens with zero attached hydrogens (tertiary/aromatic N) is 1. The minimum Gasteiger partial charge on any atom is -0.224 e. The van der Waals surface area contributed by atoms with Crippen molar-refractivity contribution in [2.75, 3.05) is 0 Å². The molecule has 0 aliphatic heterocycles. The third-order valence-electron chi connectivity index (χ3n) is 2.02. The summed E-state index contributed by atoms with van der Waals surface area (Å²) in [5.41, 5.74) is 0. The van der Waals surface area contributed by atoms with E-state index in [0.29, 0.717) is 0 Å². The van der Waals surface area contributed by atoms with Gasteiger partial charge in [-0.15, -0.1) is 0 Å². The number of benzene rings is 1. The highest BCUT2D eigenvalue weighted by molar-refractivity contribution is 7.91. The fourth-order valence-corrected chi connectivity index (χ4v) is 2.71. The summed E-state index contributed by atoms with van der Waals surface area (Å²) in [5, 5.41) is 0.128. The second kappa shape index (κ2) is 4.23. The molecule has 2 aromatic rings. The van der Waals surface area contributed by atoms with E-state index < -0.39 is 9.84 Å². The molecule has 0 spiro atoms. The topological polar surface area (TPSA) is 47.0 Å². The molecule has 0 saturated heterocycles. The summed E-state index contributed by atoms with van der Waals surface area (Å²) in [5.74, 6) is 0. The molecule has 0 aliphatic rings. The summed E-state index contributed by atoms with van der Waals surface area (Å²) in [6, 6.07) is 12.7. The lowest BCUT2D eigenvalue weighted by atomic mass is 10.4. The summed E-state index contributed by atoms with van der Waals surface area (Å²) < 4.78 is 24.1. The van der Waals surface area contributed by atoms with Gasteiger partial charge < -0.3 is 0 Å². The molecule has 0 aliphatic carbocycles. The van der Waals surface area contributed by atoms with Crippen LogP contribution in [0, 0.1) is 0 Å². The van der Waals surface area contributed by atoms with Crippen molar-refractivity contribution in [1.29, 1.82) is 0 Å². The van der Waals surface area contributed by atoms with E-state index in [4.69, 9.17) is 11.6 Å². The van der Waals surface area contributed by atoms with Gasteiger partial charge in [0.1, 0.15) is 5.15 Å². The highest BCUT2D eigenvalue weighted by atomic mass is 35.5. The van der Waals surface area contributed by atoms with Gasteiger partial charge in [0.25, 0.3) is 0 Å². The molecule has 0 amide bonds. The summed E-state index contributed by atoms with van der Waals surface area (Å²) in [4.78, 5) is 4.01. The van der Waals surface area contributed by atoms with Crippen molar-refractivity contribution in [3.05, 3.63) is 53.7 Å². The van der Waals surface area contributed by atoms with E-state index in [9.17, 15) is 8.42 Å². The Hall–Kier alpha value is -1.39. The largest absolute Gasteiger partial charge is 0.224 e.